The van der Waals surface area contributed by atoms with Gasteiger partial charge in [0.1, 0.15) is 0 Å². The van der Waals surface area contributed by atoms with Crippen molar-refractivity contribution in [3.63, 3.8) is 0 Å². The van der Waals surface area contributed by atoms with Crippen molar-refractivity contribution in [1.29, 1.82) is 0 Å². The number of Topliss-reactive ketones (excluding diaryl/α,β-unsaturated/α-hetero) is 1. The molecule has 0 N–H and O–H groups in total. The lowest BCUT2D eigenvalue weighted by atomic mass is 10.1. The predicted molar refractivity (Wildman–Crippen MR) is 94.8 cm³/mol. The van der Waals surface area contributed by atoms with Crippen molar-refractivity contribution in [3.05, 3.63) is 75.3 Å². The van der Waals surface area contributed by atoms with Gasteiger partial charge in [-0.2, -0.15) is 0 Å². The average Bonchev–Trinajstić information content (AvgIpc) is 2.95. The van der Waals surface area contributed by atoms with E-state index in [-0.39, 0.29) is 35.3 Å². The molecule has 142 valence electrons. The molecule has 2 aromatic rings. The lowest BCUT2D eigenvalue weighted by Crippen LogP contribution is -2.32. The molecule has 9 heteroatoms. The molecule has 9 nitrogen and oxygen atoms in total. The van der Waals surface area contributed by atoms with Crippen molar-refractivity contribution < 1.29 is 28.8 Å². The Bertz CT molecular complexity index is 947. The second-order valence-corrected chi connectivity index (χ2v) is 5.95. The van der Waals surface area contributed by atoms with E-state index in [0.717, 1.165) is 4.90 Å². The number of esters is 1. The van der Waals surface area contributed by atoms with Gasteiger partial charge in [0.2, 0.25) is 0 Å². The highest BCUT2D eigenvalue weighted by Gasteiger charge is 2.35. The number of hydrogen-bond acceptors (Lipinski definition) is 7. The van der Waals surface area contributed by atoms with Crippen LogP contribution in [0.15, 0.2) is 48.5 Å². The average molecular weight is 382 g/mol. The molecule has 28 heavy (non-hydrogen) atoms. The van der Waals surface area contributed by atoms with Gasteiger partial charge >= 0.3 is 5.97 Å². The summed E-state index contributed by atoms with van der Waals surface area (Å²) in [5.41, 5.74) is 0.580. The highest BCUT2D eigenvalue weighted by atomic mass is 16.6. The molecule has 0 saturated carbocycles. The van der Waals surface area contributed by atoms with Gasteiger partial charge in [-0.05, 0) is 24.3 Å². The molecular formula is C19H14N2O7. The Morgan fingerprint density at radius 3 is 2.07 bits per heavy atom. The zero-order valence-corrected chi connectivity index (χ0v) is 14.5. The maximum atomic E-state index is 12.2. The number of ketones is 1. The van der Waals surface area contributed by atoms with Gasteiger partial charge in [0.15, 0.2) is 12.4 Å². The SMILES string of the molecule is O=C(CCN1C(=O)c2ccccc2C1=O)OCC(=O)c1ccc([N+](=O)[O-])cc1. The second kappa shape index (κ2) is 7.78. The first-order valence-electron chi connectivity index (χ1n) is 8.27. The molecular weight excluding hydrogens is 368 g/mol. The molecule has 0 atom stereocenters. The van der Waals surface area contributed by atoms with Crippen LogP contribution in [-0.2, 0) is 9.53 Å². The number of amides is 2. The number of ether oxygens (including phenoxy) is 1. The molecule has 0 bridgehead atoms. The Labute approximate surface area is 158 Å². The van der Waals surface area contributed by atoms with Crippen molar-refractivity contribution in [3.8, 4) is 0 Å². The maximum absolute atomic E-state index is 12.2. The molecule has 0 aromatic heterocycles. The van der Waals surface area contributed by atoms with E-state index in [1.165, 1.54) is 36.4 Å². The summed E-state index contributed by atoms with van der Waals surface area (Å²) < 4.78 is 4.87. The lowest BCUT2D eigenvalue weighted by Gasteiger charge is -2.13. The largest absolute Gasteiger partial charge is 0.457 e. The number of nitro benzene ring substituents is 1. The Kier molecular flexibility index (Phi) is 5.25. The molecule has 0 fully saturated rings. The zero-order chi connectivity index (χ0) is 20.3. The van der Waals surface area contributed by atoms with E-state index in [1.807, 2.05) is 0 Å². The summed E-state index contributed by atoms with van der Waals surface area (Å²) in [6.45, 7) is -0.699. The second-order valence-electron chi connectivity index (χ2n) is 5.95. The third-order valence-electron chi connectivity index (χ3n) is 4.18. The summed E-state index contributed by atoms with van der Waals surface area (Å²) in [5.74, 6) is -2.22. The first kappa shape index (κ1) is 18.9. The Morgan fingerprint density at radius 2 is 1.54 bits per heavy atom. The van der Waals surface area contributed by atoms with Crippen LogP contribution in [0.2, 0.25) is 0 Å². The molecule has 0 aliphatic carbocycles. The van der Waals surface area contributed by atoms with Crippen LogP contribution in [0.1, 0.15) is 37.5 Å². The fraction of sp³-hybridized carbons (Fsp3) is 0.158. The van der Waals surface area contributed by atoms with E-state index in [4.69, 9.17) is 4.74 Å². The molecule has 1 heterocycles. The standard InChI is InChI=1S/C19H14N2O7/c22-16(12-5-7-13(8-6-12)21(26)27)11-28-17(23)9-10-20-18(24)14-3-1-2-4-15(14)19(20)25/h1-8H,9-11H2. The first-order chi connectivity index (χ1) is 13.4. The normalized spacial score (nSPS) is 12.6. The number of nitrogens with zero attached hydrogens (tertiary/aromatic N) is 2. The van der Waals surface area contributed by atoms with Gasteiger partial charge in [-0.25, -0.2) is 0 Å². The van der Waals surface area contributed by atoms with Crippen LogP contribution in [0.5, 0.6) is 0 Å². The third-order valence-corrected chi connectivity index (χ3v) is 4.18. The molecule has 1 aliphatic heterocycles. The van der Waals surface area contributed by atoms with E-state index >= 15 is 0 Å². The number of nitro groups is 1. The zero-order valence-electron chi connectivity index (χ0n) is 14.5. The van der Waals surface area contributed by atoms with E-state index < -0.39 is 35.1 Å². The first-order valence-corrected chi connectivity index (χ1v) is 8.27. The van der Waals surface area contributed by atoms with Crippen molar-refractivity contribution in [2.45, 2.75) is 6.42 Å². The van der Waals surface area contributed by atoms with Gasteiger partial charge in [0.05, 0.1) is 22.5 Å². The van der Waals surface area contributed by atoms with Crippen LogP contribution in [0.25, 0.3) is 0 Å². The highest BCUT2D eigenvalue weighted by Crippen LogP contribution is 2.22. The predicted octanol–water partition coefficient (Wildman–Crippen LogP) is 2.01. The quantitative estimate of drug-likeness (QED) is 0.236. The summed E-state index contributed by atoms with van der Waals surface area (Å²) in [7, 11) is 0. The van der Waals surface area contributed by atoms with Crippen LogP contribution in [0.3, 0.4) is 0 Å². The molecule has 1 aliphatic rings. The van der Waals surface area contributed by atoms with E-state index in [9.17, 15) is 29.3 Å². The highest BCUT2D eigenvalue weighted by molar-refractivity contribution is 6.21. The molecule has 2 amide bonds. The van der Waals surface area contributed by atoms with Crippen LogP contribution in [0, 0.1) is 10.1 Å². The minimum Gasteiger partial charge on any atom is -0.457 e. The molecule has 3 rings (SSSR count). The molecule has 0 unspecified atom stereocenters. The number of hydrogen-bond donors (Lipinski definition) is 0. The third kappa shape index (κ3) is 3.78. The number of carbonyl (C=O) groups excluding carboxylic acids is 4. The maximum Gasteiger partial charge on any atom is 0.308 e. The van der Waals surface area contributed by atoms with Crippen LogP contribution >= 0.6 is 0 Å². The van der Waals surface area contributed by atoms with Gasteiger partial charge in [-0.15, -0.1) is 0 Å². The Hall–Kier alpha value is -3.88. The van der Waals surface area contributed by atoms with Crippen molar-refractivity contribution in [2.75, 3.05) is 13.2 Å². The number of benzene rings is 2. The summed E-state index contributed by atoms with van der Waals surface area (Å²) >= 11 is 0. The van der Waals surface area contributed by atoms with Crippen molar-refractivity contribution in [2.24, 2.45) is 0 Å². The van der Waals surface area contributed by atoms with E-state index in [1.54, 1.807) is 12.1 Å². The van der Waals surface area contributed by atoms with Crippen LogP contribution in [0.4, 0.5) is 5.69 Å². The van der Waals surface area contributed by atoms with Crippen LogP contribution in [-0.4, -0.2) is 46.5 Å². The van der Waals surface area contributed by atoms with Crippen molar-refractivity contribution in [1.82, 2.24) is 4.90 Å². The van der Waals surface area contributed by atoms with Gasteiger partial charge in [-0.1, -0.05) is 12.1 Å². The summed E-state index contributed by atoms with van der Waals surface area (Å²) in [4.78, 5) is 59.2. The Morgan fingerprint density at radius 1 is 0.964 bits per heavy atom. The number of non-ortho nitro benzene ring substituents is 1. The van der Waals surface area contributed by atoms with E-state index in [0.29, 0.717) is 0 Å². The Balaban J connectivity index is 1.50. The number of fused-ring (bicyclic) bond motifs is 1. The van der Waals surface area contributed by atoms with Crippen LogP contribution < -0.4 is 0 Å². The molecule has 0 spiro atoms. The molecule has 0 radical (unpaired) electrons. The van der Waals surface area contributed by atoms with Gasteiger partial charge in [0, 0.05) is 24.2 Å². The fourth-order valence-electron chi connectivity index (χ4n) is 2.72. The molecule has 0 saturated heterocycles. The van der Waals surface area contributed by atoms with Gasteiger partial charge in [0.25, 0.3) is 17.5 Å². The van der Waals surface area contributed by atoms with Gasteiger partial charge in [-0.3, -0.25) is 34.2 Å². The minimum atomic E-state index is -0.744. The summed E-state index contributed by atoms with van der Waals surface area (Å²) in [6, 6.07) is 11.3. The molecule has 2 aromatic carbocycles. The van der Waals surface area contributed by atoms with Crippen molar-refractivity contribution >= 4 is 29.3 Å². The summed E-state index contributed by atoms with van der Waals surface area (Å²) in [6.07, 6.45) is -0.251. The monoisotopic (exact) mass is 382 g/mol. The minimum absolute atomic E-state index is 0.156. The summed E-state index contributed by atoms with van der Waals surface area (Å²) in [5, 5.41) is 10.6. The van der Waals surface area contributed by atoms with Gasteiger partial charge < -0.3 is 4.74 Å². The lowest BCUT2D eigenvalue weighted by molar-refractivity contribution is -0.384. The fourth-order valence-corrected chi connectivity index (χ4v) is 2.72. The smallest absolute Gasteiger partial charge is 0.308 e. The number of carbonyl (C=O) groups is 4. The number of imide groups is 1. The topological polar surface area (TPSA) is 124 Å². The number of rotatable bonds is 7. The van der Waals surface area contributed by atoms with E-state index in [2.05, 4.69) is 0 Å².